The van der Waals surface area contributed by atoms with E-state index in [4.69, 9.17) is 4.52 Å². The highest BCUT2D eigenvalue weighted by Gasteiger charge is 2.16. The smallest absolute Gasteiger partial charge is 0.337 e. The van der Waals surface area contributed by atoms with Crippen LogP contribution in [0, 0.1) is 13.8 Å². The van der Waals surface area contributed by atoms with Gasteiger partial charge in [-0.1, -0.05) is 11.2 Å². The number of amides is 1. The molecule has 2 N–H and O–H groups in total. The number of phenols is 1. The summed E-state index contributed by atoms with van der Waals surface area (Å²) in [5.74, 6) is -1.16. The number of carbonyl (C=O) groups excluding carboxylic acids is 2. The lowest BCUT2D eigenvalue weighted by Gasteiger charge is -2.08. The summed E-state index contributed by atoms with van der Waals surface area (Å²) in [5, 5.41) is 17.4. The fraction of sp³-hybridized carbons (Fsp3) is 0.211. The van der Waals surface area contributed by atoms with Crippen LogP contribution >= 0.6 is 0 Å². The van der Waals surface area contributed by atoms with Crippen molar-refractivity contribution in [1.29, 1.82) is 0 Å². The molecular weight excluding hydrogens is 336 g/mol. The van der Waals surface area contributed by atoms with Crippen LogP contribution in [0.2, 0.25) is 0 Å². The highest BCUT2D eigenvalue weighted by molar-refractivity contribution is 5.97. The van der Waals surface area contributed by atoms with Gasteiger partial charge < -0.3 is 19.7 Å². The van der Waals surface area contributed by atoms with E-state index in [1.165, 1.54) is 25.3 Å². The monoisotopic (exact) mass is 354 g/mol. The number of aryl methyl sites for hydroxylation is 2. The van der Waals surface area contributed by atoms with Crippen LogP contribution in [0.15, 0.2) is 34.9 Å². The molecule has 0 unspecified atom stereocenters. The Morgan fingerprint density at radius 2 is 2.00 bits per heavy atom. The van der Waals surface area contributed by atoms with Crippen molar-refractivity contribution in [2.45, 2.75) is 20.3 Å². The van der Waals surface area contributed by atoms with Gasteiger partial charge in [-0.2, -0.15) is 0 Å². The molecule has 2 aromatic carbocycles. The maximum Gasteiger partial charge on any atom is 0.337 e. The van der Waals surface area contributed by atoms with Crippen molar-refractivity contribution in [1.82, 2.24) is 5.16 Å². The summed E-state index contributed by atoms with van der Waals surface area (Å²) in [5.41, 5.74) is 3.57. The Hall–Kier alpha value is -3.35. The zero-order chi connectivity index (χ0) is 18.8. The first-order chi connectivity index (χ1) is 12.4. The number of hydrogen-bond donors (Lipinski definition) is 2. The summed E-state index contributed by atoms with van der Waals surface area (Å²) < 4.78 is 9.92. The quantitative estimate of drug-likeness (QED) is 0.551. The van der Waals surface area contributed by atoms with Gasteiger partial charge in [0, 0.05) is 5.39 Å². The Labute approximate surface area is 149 Å². The van der Waals surface area contributed by atoms with Crippen LogP contribution in [0.1, 0.15) is 27.2 Å². The third-order valence-corrected chi connectivity index (χ3v) is 4.00. The van der Waals surface area contributed by atoms with E-state index >= 15 is 0 Å². The molecule has 7 nitrogen and oxygen atoms in total. The van der Waals surface area contributed by atoms with Gasteiger partial charge >= 0.3 is 5.97 Å². The molecule has 0 fully saturated rings. The summed E-state index contributed by atoms with van der Waals surface area (Å²) in [6, 6.07) is 8.04. The molecule has 1 aromatic heterocycles. The minimum atomic E-state index is -0.571. The predicted molar refractivity (Wildman–Crippen MR) is 95.3 cm³/mol. The summed E-state index contributed by atoms with van der Waals surface area (Å²) in [4.78, 5) is 23.8. The average molecular weight is 354 g/mol. The summed E-state index contributed by atoms with van der Waals surface area (Å²) in [6.07, 6.45) is -0.00587. The summed E-state index contributed by atoms with van der Waals surface area (Å²) in [7, 11) is 1.25. The number of hydrogen-bond acceptors (Lipinski definition) is 6. The molecule has 0 aliphatic heterocycles. The van der Waals surface area contributed by atoms with Crippen LogP contribution in [-0.2, 0) is 16.0 Å². The van der Waals surface area contributed by atoms with Gasteiger partial charge in [0.2, 0.25) is 5.91 Å². The van der Waals surface area contributed by atoms with Gasteiger partial charge in [-0.25, -0.2) is 4.79 Å². The van der Waals surface area contributed by atoms with Gasteiger partial charge in [-0.15, -0.1) is 0 Å². The standard InChI is InChI=1S/C19H18N2O5/c1-10-6-11(2)18-13(7-10)15(21-26-18)9-17(23)20-14-5-4-12(8-16(14)22)19(24)25-3/h4-8,22H,9H2,1-3H3,(H,20,23). The van der Waals surface area contributed by atoms with Gasteiger partial charge in [0.1, 0.15) is 11.4 Å². The maximum atomic E-state index is 12.3. The van der Waals surface area contributed by atoms with Gasteiger partial charge in [0.15, 0.2) is 5.58 Å². The Kier molecular flexibility index (Phi) is 4.62. The number of methoxy groups -OCH3 is 1. The van der Waals surface area contributed by atoms with Gasteiger partial charge in [0.25, 0.3) is 0 Å². The van der Waals surface area contributed by atoms with Crippen molar-refractivity contribution < 1.29 is 24.0 Å². The Morgan fingerprint density at radius 1 is 1.23 bits per heavy atom. The molecule has 0 spiro atoms. The average Bonchev–Trinajstić information content (AvgIpc) is 2.99. The Bertz CT molecular complexity index is 1010. The van der Waals surface area contributed by atoms with Crippen LogP contribution < -0.4 is 5.32 Å². The third-order valence-electron chi connectivity index (χ3n) is 4.00. The van der Waals surface area contributed by atoms with Crippen LogP contribution in [-0.4, -0.2) is 29.2 Å². The van der Waals surface area contributed by atoms with Crippen molar-refractivity contribution in [3.63, 3.8) is 0 Å². The van der Waals surface area contributed by atoms with Crippen molar-refractivity contribution in [3.8, 4) is 5.75 Å². The second-order valence-corrected chi connectivity index (χ2v) is 6.04. The van der Waals surface area contributed by atoms with E-state index in [-0.39, 0.29) is 29.3 Å². The highest BCUT2D eigenvalue weighted by Crippen LogP contribution is 2.26. The molecule has 0 radical (unpaired) electrons. The van der Waals surface area contributed by atoms with E-state index in [0.29, 0.717) is 11.3 Å². The maximum absolute atomic E-state index is 12.3. The number of anilines is 1. The van der Waals surface area contributed by atoms with Crippen LogP contribution in [0.5, 0.6) is 5.75 Å². The minimum Gasteiger partial charge on any atom is -0.506 e. The van der Waals surface area contributed by atoms with E-state index in [0.717, 1.165) is 16.5 Å². The van der Waals surface area contributed by atoms with E-state index in [1.54, 1.807) is 0 Å². The lowest BCUT2D eigenvalue weighted by Crippen LogP contribution is -2.15. The van der Waals surface area contributed by atoms with Gasteiger partial charge in [-0.05, 0) is 49.2 Å². The molecular formula is C19H18N2O5. The summed E-state index contributed by atoms with van der Waals surface area (Å²) in [6.45, 7) is 3.88. The van der Waals surface area contributed by atoms with Crippen LogP contribution in [0.4, 0.5) is 5.69 Å². The number of nitrogens with one attached hydrogen (secondary N) is 1. The first kappa shape index (κ1) is 17.5. The van der Waals surface area contributed by atoms with E-state index in [9.17, 15) is 14.7 Å². The number of aromatic nitrogens is 1. The van der Waals surface area contributed by atoms with Crippen molar-refractivity contribution in [2.24, 2.45) is 0 Å². The molecule has 0 bridgehead atoms. The molecule has 0 saturated carbocycles. The largest absolute Gasteiger partial charge is 0.506 e. The molecule has 3 rings (SSSR count). The van der Waals surface area contributed by atoms with Crippen molar-refractivity contribution in [3.05, 3.63) is 52.7 Å². The van der Waals surface area contributed by atoms with Crippen molar-refractivity contribution >= 4 is 28.5 Å². The molecule has 0 aliphatic carbocycles. The van der Waals surface area contributed by atoms with Gasteiger partial charge in [-0.3, -0.25) is 4.79 Å². The molecule has 134 valence electrons. The van der Waals surface area contributed by atoms with E-state index in [2.05, 4.69) is 15.2 Å². The van der Waals surface area contributed by atoms with E-state index in [1.807, 2.05) is 26.0 Å². The lowest BCUT2D eigenvalue weighted by molar-refractivity contribution is -0.115. The molecule has 0 aliphatic rings. The fourth-order valence-electron chi connectivity index (χ4n) is 2.80. The lowest BCUT2D eigenvalue weighted by atomic mass is 10.1. The number of benzene rings is 2. The zero-order valence-electron chi connectivity index (χ0n) is 14.6. The zero-order valence-corrected chi connectivity index (χ0v) is 14.6. The molecule has 3 aromatic rings. The number of aromatic hydroxyl groups is 1. The number of ether oxygens (including phenoxy) is 1. The molecule has 7 heteroatoms. The number of esters is 1. The predicted octanol–water partition coefficient (Wildman–Crippen LogP) is 3.12. The molecule has 1 heterocycles. The second-order valence-electron chi connectivity index (χ2n) is 6.04. The first-order valence-electron chi connectivity index (χ1n) is 7.95. The highest BCUT2D eigenvalue weighted by atomic mass is 16.5. The van der Waals surface area contributed by atoms with Crippen LogP contribution in [0.25, 0.3) is 11.0 Å². The SMILES string of the molecule is COC(=O)c1ccc(NC(=O)Cc2noc3c(C)cc(C)cc23)c(O)c1. The fourth-order valence-corrected chi connectivity index (χ4v) is 2.80. The third kappa shape index (κ3) is 3.37. The number of fused-ring (bicyclic) bond motifs is 1. The molecule has 1 amide bonds. The molecule has 26 heavy (non-hydrogen) atoms. The Balaban J connectivity index is 1.79. The Morgan fingerprint density at radius 3 is 2.69 bits per heavy atom. The van der Waals surface area contributed by atoms with Crippen molar-refractivity contribution in [2.75, 3.05) is 12.4 Å². The summed E-state index contributed by atoms with van der Waals surface area (Å²) >= 11 is 0. The molecule has 0 saturated heterocycles. The van der Waals surface area contributed by atoms with Gasteiger partial charge in [0.05, 0.1) is 24.8 Å². The van der Waals surface area contributed by atoms with Crippen LogP contribution in [0.3, 0.4) is 0 Å². The number of carbonyl (C=O) groups is 2. The topological polar surface area (TPSA) is 102 Å². The first-order valence-corrected chi connectivity index (χ1v) is 7.95. The number of phenolic OH excluding ortho intramolecular Hbond substituents is 1. The minimum absolute atomic E-state index is 0.00587. The number of rotatable bonds is 4. The van der Waals surface area contributed by atoms with E-state index < -0.39 is 5.97 Å². The second kappa shape index (κ2) is 6.87. The molecule has 0 atom stereocenters. The normalized spacial score (nSPS) is 10.7. The number of nitrogens with zero attached hydrogens (tertiary/aromatic N) is 1.